The largest absolute Gasteiger partial charge is 0.573 e. The van der Waals surface area contributed by atoms with E-state index in [2.05, 4.69) is 4.74 Å². The van der Waals surface area contributed by atoms with Gasteiger partial charge in [-0.2, -0.15) is 0 Å². The number of aromatic amines is 1. The highest BCUT2D eigenvalue weighted by atomic mass is 19.4. The zero-order valence-corrected chi connectivity index (χ0v) is 9.77. The molecule has 20 heavy (non-hydrogen) atoms. The van der Waals surface area contributed by atoms with Crippen LogP contribution in [0.2, 0.25) is 0 Å². The minimum Gasteiger partial charge on any atom is -0.406 e. The number of alkyl halides is 3. The number of benzene rings is 1. The first-order valence-corrected chi connectivity index (χ1v) is 5.24. The fourth-order valence-electron chi connectivity index (χ4n) is 1.58. The summed E-state index contributed by atoms with van der Waals surface area (Å²) in [6.07, 6.45) is -4.80. The van der Waals surface area contributed by atoms with Crippen molar-refractivity contribution in [3.8, 4) is 11.4 Å². The lowest BCUT2D eigenvalue weighted by molar-refractivity contribution is -0.274. The van der Waals surface area contributed by atoms with Gasteiger partial charge in [0.25, 0.3) is 5.56 Å². The van der Waals surface area contributed by atoms with Crippen LogP contribution in [0.3, 0.4) is 0 Å². The fourth-order valence-corrected chi connectivity index (χ4v) is 1.58. The SMILES string of the molecule is Nc1cc(=O)[nH]c(=O)n1-c1ccc(OC(F)(F)F)cc1. The molecule has 0 amide bonds. The van der Waals surface area contributed by atoms with Gasteiger partial charge in [-0.3, -0.25) is 9.78 Å². The van der Waals surface area contributed by atoms with E-state index in [0.29, 0.717) is 0 Å². The van der Waals surface area contributed by atoms with Crippen molar-refractivity contribution in [2.24, 2.45) is 0 Å². The number of anilines is 1. The van der Waals surface area contributed by atoms with E-state index in [1.54, 1.807) is 0 Å². The molecule has 6 nitrogen and oxygen atoms in total. The van der Waals surface area contributed by atoms with Crippen molar-refractivity contribution in [1.29, 1.82) is 0 Å². The Morgan fingerprint density at radius 3 is 2.25 bits per heavy atom. The van der Waals surface area contributed by atoms with Gasteiger partial charge < -0.3 is 10.5 Å². The van der Waals surface area contributed by atoms with Crippen LogP contribution in [0.4, 0.5) is 19.0 Å². The Bertz CT molecular complexity index is 732. The third-order valence-corrected chi connectivity index (χ3v) is 2.30. The summed E-state index contributed by atoms with van der Waals surface area (Å²) in [5.41, 5.74) is 4.26. The number of nitrogens with one attached hydrogen (secondary N) is 1. The van der Waals surface area contributed by atoms with E-state index in [0.717, 1.165) is 22.8 Å². The number of aromatic nitrogens is 2. The molecule has 2 rings (SSSR count). The Kier molecular flexibility index (Phi) is 3.26. The van der Waals surface area contributed by atoms with Crippen LogP contribution in [0.15, 0.2) is 39.9 Å². The average Bonchev–Trinajstić information content (AvgIpc) is 2.28. The minimum absolute atomic E-state index is 0.136. The first-order chi connectivity index (χ1) is 9.26. The summed E-state index contributed by atoms with van der Waals surface area (Å²) < 4.78 is 40.6. The molecule has 1 aromatic heterocycles. The molecule has 3 N–H and O–H groups in total. The highest BCUT2D eigenvalue weighted by Gasteiger charge is 2.30. The van der Waals surface area contributed by atoms with E-state index in [4.69, 9.17) is 5.73 Å². The number of rotatable bonds is 2. The molecule has 0 aliphatic heterocycles. The Morgan fingerprint density at radius 1 is 1.15 bits per heavy atom. The lowest BCUT2D eigenvalue weighted by atomic mass is 10.3. The first kappa shape index (κ1) is 13.7. The van der Waals surface area contributed by atoms with E-state index in [1.807, 2.05) is 4.98 Å². The van der Waals surface area contributed by atoms with E-state index >= 15 is 0 Å². The van der Waals surface area contributed by atoms with Gasteiger partial charge in [-0.05, 0) is 24.3 Å². The highest BCUT2D eigenvalue weighted by Crippen LogP contribution is 2.23. The maximum absolute atomic E-state index is 12.0. The zero-order chi connectivity index (χ0) is 14.9. The summed E-state index contributed by atoms with van der Waals surface area (Å²) in [5.74, 6) is -0.569. The second-order valence-corrected chi connectivity index (χ2v) is 3.74. The maximum Gasteiger partial charge on any atom is 0.573 e. The quantitative estimate of drug-likeness (QED) is 0.862. The predicted molar refractivity (Wildman–Crippen MR) is 63.8 cm³/mol. The molecule has 9 heteroatoms. The fraction of sp³-hybridized carbons (Fsp3) is 0.0909. The van der Waals surface area contributed by atoms with Gasteiger partial charge >= 0.3 is 12.1 Å². The monoisotopic (exact) mass is 287 g/mol. The van der Waals surface area contributed by atoms with E-state index in [1.165, 1.54) is 12.1 Å². The van der Waals surface area contributed by atoms with Crippen molar-refractivity contribution < 1.29 is 17.9 Å². The van der Waals surface area contributed by atoms with Crippen molar-refractivity contribution in [1.82, 2.24) is 9.55 Å². The molecule has 0 unspecified atom stereocenters. The molecule has 0 radical (unpaired) electrons. The van der Waals surface area contributed by atoms with Crippen LogP contribution >= 0.6 is 0 Å². The Hall–Kier alpha value is -2.71. The Balaban J connectivity index is 2.41. The maximum atomic E-state index is 12.0. The second-order valence-electron chi connectivity index (χ2n) is 3.74. The van der Waals surface area contributed by atoms with Crippen LogP contribution in [0.25, 0.3) is 5.69 Å². The van der Waals surface area contributed by atoms with Crippen LogP contribution in [0, 0.1) is 0 Å². The van der Waals surface area contributed by atoms with E-state index < -0.39 is 23.4 Å². The molecule has 0 spiro atoms. The molecule has 1 aromatic carbocycles. The number of ether oxygens (including phenoxy) is 1. The first-order valence-electron chi connectivity index (χ1n) is 5.24. The van der Waals surface area contributed by atoms with Gasteiger partial charge in [0, 0.05) is 6.07 Å². The molecule has 0 aliphatic rings. The van der Waals surface area contributed by atoms with Gasteiger partial charge in [-0.25, -0.2) is 9.36 Å². The van der Waals surface area contributed by atoms with Crippen molar-refractivity contribution in [3.63, 3.8) is 0 Å². The van der Waals surface area contributed by atoms with Crippen LogP contribution in [-0.4, -0.2) is 15.9 Å². The van der Waals surface area contributed by atoms with Gasteiger partial charge in [-0.1, -0.05) is 0 Å². The predicted octanol–water partition coefficient (Wildman–Crippen LogP) is 1.01. The van der Waals surface area contributed by atoms with Crippen LogP contribution in [0.1, 0.15) is 0 Å². The number of nitrogens with zero attached hydrogens (tertiary/aromatic N) is 1. The third-order valence-electron chi connectivity index (χ3n) is 2.30. The molecule has 0 bridgehead atoms. The van der Waals surface area contributed by atoms with Crippen LogP contribution in [-0.2, 0) is 0 Å². The molecule has 0 atom stereocenters. The molecule has 0 saturated carbocycles. The summed E-state index contributed by atoms with van der Waals surface area (Å²) in [7, 11) is 0. The topological polar surface area (TPSA) is 90.1 Å². The summed E-state index contributed by atoms with van der Waals surface area (Å²) >= 11 is 0. The molecule has 106 valence electrons. The highest BCUT2D eigenvalue weighted by molar-refractivity contribution is 5.43. The van der Waals surface area contributed by atoms with Gasteiger partial charge in [0.1, 0.15) is 11.6 Å². The van der Waals surface area contributed by atoms with Gasteiger partial charge in [0.15, 0.2) is 0 Å². The zero-order valence-electron chi connectivity index (χ0n) is 9.77. The third kappa shape index (κ3) is 2.99. The van der Waals surface area contributed by atoms with Crippen molar-refractivity contribution in [2.75, 3.05) is 5.73 Å². The lowest BCUT2D eigenvalue weighted by Crippen LogP contribution is -2.30. The van der Waals surface area contributed by atoms with Crippen LogP contribution in [0.5, 0.6) is 5.75 Å². The lowest BCUT2D eigenvalue weighted by Gasteiger charge is -2.11. The molecule has 0 aliphatic carbocycles. The number of hydrogen-bond donors (Lipinski definition) is 2. The minimum atomic E-state index is -4.80. The number of nitrogen functional groups attached to an aromatic ring is 1. The van der Waals surface area contributed by atoms with Gasteiger partial charge in [0.2, 0.25) is 0 Å². The van der Waals surface area contributed by atoms with Crippen molar-refractivity contribution in [2.45, 2.75) is 6.36 Å². The average molecular weight is 287 g/mol. The normalized spacial score (nSPS) is 11.3. The second kappa shape index (κ2) is 4.76. The van der Waals surface area contributed by atoms with Gasteiger partial charge in [-0.15, -0.1) is 13.2 Å². The summed E-state index contributed by atoms with van der Waals surface area (Å²) in [5, 5.41) is 0. The molecule has 0 saturated heterocycles. The van der Waals surface area contributed by atoms with Crippen molar-refractivity contribution >= 4 is 5.82 Å². The number of nitrogens with two attached hydrogens (primary N) is 1. The van der Waals surface area contributed by atoms with Crippen molar-refractivity contribution in [3.05, 3.63) is 51.2 Å². The number of H-pyrrole nitrogens is 1. The van der Waals surface area contributed by atoms with E-state index in [9.17, 15) is 22.8 Å². The van der Waals surface area contributed by atoms with Gasteiger partial charge in [0.05, 0.1) is 5.69 Å². The molecule has 2 aromatic rings. The summed E-state index contributed by atoms with van der Waals surface area (Å²) in [6, 6.07) is 5.45. The number of halogens is 3. The standard InChI is InChI=1S/C11H8F3N3O3/c12-11(13,14)20-7-3-1-6(2-4-7)17-8(15)5-9(18)16-10(17)19/h1-5H,15H2,(H,16,18,19). The van der Waals surface area contributed by atoms with E-state index in [-0.39, 0.29) is 11.5 Å². The molecule has 1 heterocycles. The number of hydrogen-bond acceptors (Lipinski definition) is 4. The summed E-state index contributed by atoms with van der Waals surface area (Å²) in [4.78, 5) is 24.6. The molecular weight excluding hydrogens is 279 g/mol. The molecular formula is C11H8F3N3O3. The Labute approximate surface area is 109 Å². The summed E-state index contributed by atoms with van der Waals surface area (Å²) in [6.45, 7) is 0. The molecule has 0 fully saturated rings. The Morgan fingerprint density at radius 2 is 1.75 bits per heavy atom. The smallest absolute Gasteiger partial charge is 0.406 e. The van der Waals surface area contributed by atoms with Crippen LogP contribution < -0.4 is 21.7 Å².